The van der Waals surface area contributed by atoms with Gasteiger partial charge in [0.15, 0.2) is 0 Å². The van der Waals surface area contributed by atoms with Gasteiger partial charge in [0.1, 0.15) is 5.75 Å². The van der Waals surface area contributed by atoms with Crippen LogP contribution in [0.15, 0.2) is 42.5 Å². The Labute approximate surface area is 164 Å². The van der Waals surface area contributed by atoms with Crippen LogP contribution in [0.5, 0.6) is 5.75 Å². The summed E-state index contributed by atoms with van der Waals surface area (Å²) in [5.74, 6) is -0.159. The van der Waals surface area contributed by atoms with Crippen molar-refractivity contribution >= 4 is 57.4 Å². The van der Waals surface area contributed by atoms with Gasteiger partial charge in [-0.15, -0.1) is 0 Å². The minimum Gasteiger partial charge on any atom is -0.495 e. The van der Waals surface area contributed by atoms with Crippen LogP contribution < -0.4 is 15.0 Å². The number of nitrogens with one attached hydrogen (secondary N) is 1. The Kier molecular flexibility index (Phi) is 5.48. The normalized spacial score (nSPS) is 16.8. The summed E-state index contributed by atoms with van der Waals surface area (Å²) < 4.78 is 6.40. The first-order chi connectivity index (χ1) is 12.0. The summed E-state index contributed by atoms with van der Waals surface area (Å²) in [5.41, 5.74) is 1.31. The highest BCUT2D eigenvalue weighted by Gasteiger charge is 2.36. The standard InChI is InChI=1S/C18H16ClIN2O3/c1-25-16-7-2-12(19)9-15(16)22-10-11(8-17(22)23)18(24)21-14-5-3-13(20)4-6-14/h2-7,9,11H,8,10H2,1H3,(H,21,24)/t11-/m0/s1. The first kappa shape index (κ1) is 18.0. The van der Waals surface area contributed by atoms with Crippen LogP contribution in [0, 0.1) is 9.49 Å². The van der Waals surface area contributed by atoms with Gasteiger partial charge < -0.3 is 15.0 Å². The van der Waals surface area contributed by atoms with Crippen molar-refractivity contribution in [3.05, 3.63) is 51.1 Å². The molecule has 0 radical (unpaired) electrons. The Balaban J connectivity index is 1.75. The number of ether oxygens (including phenoxy) is 1. The molecule has 3 rings (SSSR count). The number of carbonyl (C=O) groups is 2. The number of anilines is 2. The third kappa shape index (κ3) is 4.07. The van der Waals surface area contributed by atoms with Crippen LogP contribution in [0.1, 0.15) is 6.42 Å². The molecule has 1 N–H and O–H groups in total. The van der Waals surface area contributed by atoms with Crippen LogP contribution in [0.4, 0.5) is 11.4 Å². The summed E-state index contributed by atoms with van der Waals surface area (Å²) in [6.07, 6.45) is 0.159. The van der Waals surface area contributed by atoms with E-state index in [4.69, 9.17) is 16.3 Å². The van der Waals surface area contributed by atoms with Crippen LogP contribution in [0.25, 0.3) is 0 Å². The van der Waals surface area contributed by atoms with Crippen molar-refractivity contribution in [2.24, 2.45) is 5.92 Å². The van der Waals surface area contributed by atoms with Crippen molar-refractivity contribution in [2.45, 2.75) is 6.42 Å². The van der Waals surface area contributed by atoms with Gasteiger partial charge in [0.25, 0.3) is 0 Å². The predicted molar refractivity (Wildman–Crippen MR) is 106 cm³/mol. The second kappa shape index (κ2) is 7.61. The highest BCUT2D eigenvalue weighted by Crippen LogP contribution is 2.35. The zero-order valence-electron chi connectivity index (χ0n) is 13.5. The Morgan fingerprint density at radius 3 is 2.68 bits per heavy atom. The molecule has 1 saturated heterocycles. The Bertz CT molecular complexity index is 810. The van der Waals surface area contributed by atoms with Crippen molar-refractivity contribution in [3.8, 4) is 5.75 Å². The number of hydrogen-bond acceptors (Lipinski definition) is 3. The van der Waals surface area contributed by atoms with Gasteiger partial charge in [-0.25, -0.2) is 0 Å². The molecule has 130 valence electrons. The van der Waals surface area contributed by atoms with Crippen LogP contribution in [-0.4, -0.2) is 25.5 Å². The fourth-order valence-electron chi connectivity index (χ4n) is 2.77. The fraction of sp³-hybridized carbons (Fsp3) is 0.222. The molecule has 2 aromatic rings. The van der Waals surface area contributed by atoms with Gasteiger partial charge in [-0.05, 0) is 65.1 Å². The van der Waals surface area contributed by atoms with E-state index in [2.05, 4.69) is 27.9 Å². The minimum absolute atomic E-state index is 0.122. The Morgan fingerprint density at radius 2 is 2.00 bits per heavy atom. The number of rotatable bonds is 4. The number of carbonyl (C=O) groups excluding carboxylic acids is 2. The van der Waals surface area contributed by atoms with Gasteiger partial charge in [-0.1, -0.05) is 11.6 Å². The van der Waals surface area contributed by atoms with E-state index >= 15 is 0 Å². The molecule has 2 aromatic carbocycles. The Hall–Kier alpha value is -1.80. The molecular weight excluding hydrogens is 455 g/mol. The van der Waals surface area contributed by atoms with E-state index in [1.165, 1.54) is 7.11 Å². The molecule has 0 unspecified atom stereocenters. The maximum Gasteiger partial charge on any atom is 0.229 e. The first-order valence-corrected chi connectivity index (χ1v) is 9.14. The van der Waals surface area contributed by atoms with E-state index < -0.39 is 5.92 Å². The molecule has 1 atom stereocenters. The van der Waals surface area contributed by atoms with Gasteiger partial charge in [0.2, 0.25) is 11.8 Å². The Morgan fingerprint density at radius 1 is 1.28 bits per heavy atom. The molecule has 0 spiro atoms. The van der Waals surface area contributed by atoms with Crippen LogP contribution in [-0.2, 0) is 9.59 Å². The lowest BCUT2D eigenvalue weighted by molar-refractivity contribution is -0.122. The summed E-state index contributed by atoms with van der Waals surface area (Å²) in [6.45, 7) is 0.297. The number of hydrogen-bond donors (Lipinski definition) is 1. The highest BCUT2D eigenvalue weighted by atomic mass is 127. The lowest BCUT2D eigenvalue weighted by Crippen LogP contribution is -2.28. The SMILES string of the molecule is COc1ccc(Cl)cc1N1C[C@@H](C(=O)Nc2ccc(I)cc2)CC1=O. The topological polar surface area (TPSA) is 58.6 Å². The van der Waals surface area contributed by atoms with Crippen molar-refractivity contribution in [1.29, 1.82) is 0 Å². The van der Waals surface area contributed by atoms with E-state index in [0.29, 0.717) is 23.0 Å². The van der Waals surface area contributed by atoms with Crippen LogP contribution in [0.2, 0.25) is 5.02 Å². The van der Waals surface area contributed by atoms with E-state index in [9.17, 15) is 9.59 Å². The molecule has 1 heterocycles. The summed E-state index contributed by atoms with van der Waals surface area (Å²) >= 11 is 8.25. The van der Waals surface area contributed by atoms with Gasteiger partial charge in [-0.3, -0.25) is 9.59 Å². The summed E-state index contributed by atoms with van der Waals surface area (Å²) in [6, 6.07) is 12.6. The smallest absolute Gasteiger partial charge is 0.229 e. The summed E-state index contributed by atoms with van der Waals surface area (Å²) in [5, 5.41) is 3.37. The van der Waals surface area contributed by atoms with Gasteiger partial charge in [0, 0.05) is 27.2 Å². The van der Waals surface area contributed by atoms with Crippen molar-refractivity contribution in [1.82, 2.24) is 0 Å². The lowest BCUT2D eigenvalue weighted by atomic mass is 10.1. The van der Waals surface area contributed by atoms with Crippen molar-refractivity contribution < 1.29 is 14.3 Å². The van der Waals surface area contributed by atoms with Gasteiger partial charge in [-0.2, -0.15) is 0 Å². The average Bonchev–Trinajstić information content (AvgIpc) is 2.98. The number of halogens is 2. The molecule has 0 saturated carbocycles. The fourth-order valence-corrected chi connectivity index (χ4v) is 3.29. The van der Waals surface area contributed by atoms with E-state index in [0.717, 1.165) is 9.26 Å². The lowest BCUT2D eigenvalue weighted by Gasteiger charge is -2.19. The van der Waals surface area contributed by atoms with E-state index in [1.54, 1.807) is 23.1 Å². The molecule has 5 nitrogen and oxygen atoms in total. The van der Waals surface area contributed by atoms with Crippen molar-refractivity contribution in [3.63, 3.8) is 0 Å². The van der Waals surface area contributed by atoms with Gasteiger partial charge in [0.05, 0.1) is 18.7 Å². The summed E-state index contributed by atoms with van der Waals surface area (Å²) in [4.78, 5) is 26.5. The van der Waals surface area contributed by atoms with Crippen LogP contribution >= 0.6 is 34.2 Å². The monoisotopic (exact) mass is 470 g/mol. The molecule has 7 heteroatoms. The largest absolute Gasteiger partial charge is 0.495 e. The third-order valence-corrected chi connectivity index (χ3v) is 4.99. The molecule has 0 aliphatic carbocycles. The van der Waals surface area contributed by atoms with Crippen LogP contribution in [0.3, 0.4) is 0 Å². The third-order valence-electron chi connectivity index (χ3n) is 4.04. The maximum absolute atomic E-state index is 12.5. The first-order valence-electron chi connectivity index (χ1n) is 7.68. The number of benzene rings is 2. The average molecular weight is 471 g/mol. The minimum atomic E-state index is -0.421. The number of nitrogens with zero attached hydrogens (tertiary/aromatic N) is 1. The quantitative estimate of drug-likeness (QED) is 0.689. The molecule has 2 amide bonds. The van der Waals surface area contributed by atoms with E-state index in [1.807, 2.05) is 24.3 Å². The maximum atomic E-state index is 12.5. The highest BCUT2D eigenvalue weighted by molar-refractivity contribution is 14.1. The molecule has 1 aliphatic heterocycles. The van der Waals surface area contributed by atoms with Gasteiger partial charge >= 0.3 is 0 Å². The summed E-state index contributed by atoms with van der Waals surface area (Å²) in [7, 11) is 1.54. The van der Waals surface area contributed by atoms with Crippen molar-refractivity contribution in [2.75, 3.05) is 23.9 Å². The number of amides is 2. The molecule has 25 heavy (non-hydrogen) atoms. The molecule has 1 aliphatic rings. The molecule has 0 bridgehead atoms. The zero-order valence-corrected chi connectivity index (χ0v) is 16.4. The zero-order chi connectivity index (χ0) is 18.0. The predicted octanol–water partition coefficient (Wildman–Crippen LogP) is 3.94. The molecule has 0 aromatic heterocycles. The number of methoxy groups -OCH3 is 1. The second-order valence-corrected chi connectivity index (χ2v) is 7.40. The van der Waals surface area contributed by atoms with E-state index in [-0.39, 0.29) is 18.2 Å². The molecule has 1 fully saturated rings. The second-order valence-electron chi connectivity index (χ2n) is 5.72. The molecular formula is C18H16ClIN2O3.